The molecule has 1 aliphatic carbocycles. The van der Waals surface area contributed by atoms with Gasteiger partial charge in [0.05, 0.1) is 0 Å². The first-order valence-corrected chi connectivity index (χ1v) is 4.96. The molecular weight excluding hydrogens is 148 g/mol. The predicted molar refractivity (Wildman–Crippen MR) is 50.9 cm³/mol. The number of hydrogen-bond acceptors (Lipinski definition) is 1. The highest BCUT2D eigenvalue weighted by atomic mass is 16.1. The summed E-state index contributed by atoms with van der Waals surface area (Å²) in [6, 6.07) is 0. The third kappa shape index (κ3) is 2.20. The molecule has 0 N–H and O–H groups in total. The lowest BCUT2D eigenvalue weighted by Gasteiger charge is -2.23. The van der Waals surface area contributed by atoms with Crippen molar-refractivity contribution in [3.63, 3.8) is 0 Å². The van der Waals surface area contributed by atoms with Crippen molar-refractivity contribution >= 4 is 5.78 Å². The van der Waals surface area contributed by atoms with E-state index in [1.165, 1.54) is 12.8 Å². The number of carbonyl (C=O) groups excluding carboxylic acids is 1. The molecule has 0 heterocycles. The summed E-state index contributed by atoms with van der Waals surface area (Å²) in [4.78, 5) is 11.4. The van der Waals surface area contributed by atoms with Gasteiger partial charge in [0, 0.05) is 5.92 Å². The summed E-state index contributed by atoms with van der Waals surface area (Å²) in [5, 5.41) is 0. The molecule has 0 radical (unpaired) electrons. The summed E-state index contributed by atoms with van der Waals surface area (Å²) in [7, 11) is 0. The van der Waals surface area contributed by atoms with Gasteiger partial charge in [0.1, 0.15) is 0 Å². The molecule has 1 aliphatic rings. The standard InChI is InChI=1S/C11H18O/c1-3-4-7-10-9(2)6-5-8-11(10)12/h5,8-10H,3-4,6-7H2,1-2H3/t9-,10+/m0/s1. The molecule has 0 saturated carbocycles. The molecule has 0 aromatic rings. The smallest absolute Gasteiger partial charge is 0.158 e. The second-order valence-electron chi connectivity index (χ2n) is 3.77. The number of rotatable bonds is 3. The van der Waals surface area contributed by atoms with Crippen molar-refractivity contribution in [1.82, 2.24) is 0 Å². The van der Waals surface area contributed by atoms with Gasteiger partial charge < -0.3 is 0 Å². The van der Waals surface area contributed by atoms with Gasteiger partial charge in [-0.1, -0.05) is 32.8 Å². The van der Waals surface area contributed by atoms with Gasteiger partial charge >= 0.3 is 0 Å². The Labute approximate surface area is 74.9 Å². The molecule has 1 heteroatoms. The Balaban J connectivity index is 2.48. The first-order chi connectivity index (χ1) is 5.75. The van der Waals surface area contributed by atoms with Crippen LogP contribution in [0.2, 0.25) is 0 Å². The van der Waals surface area contributed by atoms with Crippen molar-refractivity contribution in [3.8, 4) is 0 Å². The molecule has 0 amide bonds. The van der Waals surface area contributed by atoms with Crippen LogP contribution in [-0.4, -0.2) is 5.78 Å². The fourth-order valence-electron chi connectivity index (χ4n) is 1.82. The van der Waals surface area contributed by atoms with Crippen molar-refractivity contribution < 1.29 is 4.79 Å². The minimum Gasteiger partial charge on any atom is -0.295 e. The number of unbranched alkanes of at least 4 members (excludes halogenated alkanes) is 1. The van der Waals surface area contributed by atoms with Gasteiger partial charge in [-0.3, -0.25) is 4.79 Å². The van der Waals surface area contributed by atoms with Crippen LogP contribution < -0.4 is 0 Å². The normalized spacial score (nSPS) is 29.3. The zero-order valence-electron chi connectivity index (χ0n) is 8.05. The second-order valence-corrected chi connectivity index (χ2v) is 3.77. The molecule has 2 atom stereocenters. The van der Waals surface area contributed by atoms with Gasteiger partial charge in [-0.25, -0.2) is 0 Å². The molecule has 0 unspecified atom stereocenters. The summed E-state index contributed by atoms with van der Waals surface area (Å²) in [5.41, 5.74) is 0. The van der Waals surface area contributed by atoms with Gasteiger partial charge in [-0.05, 0) is 24.8 Å². The average Bonchev–Trinajstić information content (AvgIpc) is 2.04. The summed E-state index contributed by atoms with van der Waals surface area (Å²) >= 11 is 0. The molecule has 12 heavy (non-hydrogen) atoms. The first kappa shape index (κ1) is 9.50. The van der Waals surface area contributed by atoms with Crippen LogP contribution in [0.5, 0.6) is 0 Å². The van der Waals surface area contributed by atoms with E-state index in [-0.39, 0.29) is 0 Å². The zero-order valence-corrected chi connectivity index (χ0v) is 8.05. The van der Waals surface area contributed by atoms with Gasteiger partial charge in [-0.2, -0.15) is 0 Å². The van der Waals surface area contributed by atoms with Gasteiger partial charge in [0.25, 0.3) is 0 Å². The Kier molecular flexibility index (Phi) is 3.51. The summed E-state index contributed by atoms with van der Waals surface area (Å²) in [5.74, 6) is 1.23. The van der Waals surface area contributed by atoms with E-state index in [2.05, 4.69) is 13.8 Å². The minimum atomic E-state index is 0.315. The molecule has 0 aromatic heterocycles. The predicted octanol–water partition coefficient (Wildman–Crippen LogP) is 2.96. The average molecular weight is 166 g/mol. The Bertz CT molecular complexity index is 181. The van der Waals surface area contributed by atoms with E-state index in [0.717, 1.165) is 12.8 Å². The SMILES string of the molecule is CCCC[C@H]1C(=O)C=CC[C@@H]1C. The van der Waals surface area contributed by atoms with E-state index in [9.17, 15) is 4.79 Å². The third-order valence-electron chi connectivity index (χ3n) is 2.71. The van der Waals surface area contributed by atoms with Crippen LogP contribution in [0.25, 0.3) is 0 Å². The highest BCUT2D eigenvalue weighted by Gasteiger charge is 2.24. The van der Waals surface area contributed by atoms with Crippen LogP contribution in [0.4, 0.5) is 0 Å². The van der Waals surface area contributed by atoms with Crippen LogP contribution in [0.15, 0.2) is 12.2 Å². The lowest BCUT2D eigenvalue weighted by atomic mass is 9.80. The number of hydrogen-bond donors (Lipinski definition) is 0. The summed E-state index contributed by atoms with van der Waals surface area (Å²) in [6.45, 7) is 4.36. The third-order valence-corrected chi connectivity index (χ3v) is 2.71. The maximum atomic E-state index is 11.4. The lowest BCUT2D eigenvalue weighted by Crippen LogP contribution is -2.23. The van der Waals surface area contributed by atoms with Crippen LogP contribution in [0.3, 0.4) is 0 Å². The Morgan fingerprint density at radius 1 is 1.58 bits per heavy atom. The Hall–Kier alpha value is -0.590. The quantitative estimate of drug-likeness (QED) is 0.630. The zero-order chi connectivity index (χ0) is 8.97. The summed E-state index contributed by atoms with van der Waals surface area (Å²) in [6.07, 6.45) is 8.32. The fourth-order valence-corrected chi connectivity index (χ4v) is 1.82. The number of allylic oxidation sites excluding steroid dienone is 2. The topological polar surface area (TPSA) is 17.1 Å². The molecule has 1 nitrogen and oxygen atoms in total. The van der Waals surface area contributed by atoms with Crippen molar-refractivity contribution in [3.05, 3.63) is 12.2 Å². The maximum absolute atomic E-state index is 11.4. The number of ketones is 1. The van der Waals surface area contributed by atoms with Gasteiger partial charge in [0.15, 0.2) is 5.78 Å². The number of carbonyl (C=O) groups is 1. The van der Waals surface area contributed by atoms with Crippen molar-refractivity contribution in [2.75, 3.05) is 0 Å². The Morgan fingerprint density at radius 3 is 2.92 bits per heavy atom. The van der Waals surface area contributed by atoms with Crippen LogP contribution in [0, 0.1) is 11.8 Å². The lowest BCUT2D eigenvalue weighted by molar-refractivity contribution is -0.120. The second kappa shape index (κ2) is 4.44. The van der Waals surface area contributed by atoms with Gasteiger partial charge in [-0.15, -0.1) is 0 Å². The van der Waals surface area contributed by atoms with E-state index in [1.54, 1.807) is 6.08 Å². The summed E-state index contributed by atoms with van der Waals surface area (Å²) < 4.78 is 0. The highest BCUT2D eigenvalue weighted by Crippen LogP contribution is 2.26. The van der Waals surface area contributed by atoms with Crippen molar-refractivity contribution in [2.45, 2.75) is 39.5 Å². The molecule has 0 aromatic carbocycles. The largest absolute Gasteiger partial charge is 0.295 e. The maximum Gasteiger partial charge on any atom is 0.158 e. The molecule has 0 aliphatic heterocycles. The first-order valence-electron chi connectivity index (χ1n) is 4.96. The molecule has 0 spiro atoms. The van der Waals surface area contributed by atoms with Crippen molar-refractivity contribution in [2.24, 2.45) is 11.8 Å². The molecular formula is C11H18O. The van der Waals surface area contributed by atoms with E-state index in [0.29, 0.717) is 17.6 Å². The molecule has 0 fully saturated rings. The monoisotopic (exact) mass is 166 g/mol. The van der Waals surface area contributed by atoms with Crippen LogP contribution in [0.1, 0.15) is 39.5 Å². The van der Waals surface area contributed by atoms with E-state index in [1.807, 2.05) is 6.08 Å². The van der Waals surface area contributed by atoms with Crippen molar-refractivity contribution in [1.29, 1.82) is 0 Å². The molecule has 68 valence electrons. The van der Waals surface area contributed by atoms with E-state index >= 15 is 0 Å². The van der Waals surface area contributed by atoms with E-state index < -0.39 is 0 Å². The minimum absolute atomic E-state index is 0.315. The Morgan fingerprint density at radius 2 is 2.33 bits per heavy atom. The fraction of sp³-hybridized carbons (Fsp3) is 0.727. The van der Waals surface area contributed by atoms with Crippen LogP contribution >= 0.6 is 0 Å². The highest BCUT2D eigenvalue weighted by molar-refractivity contribution is 5.92. The molecule has 0 bridgehead atoms. The van der Waals surface area contributed by atoms with Gasteiger partial charge in [0.2, 0.25) is 0 Å². The molecule has 1 rings (SSSR count). The van der Waals surface area contributed by atoms with E-state index in [4.69, 9.17) is 0 Å². The molecule has 0 saturated heterocycles. The van der Waals surface area contributed by atoms with Crippen LogP contribution in [-0.2, 0) is 4.79 Å².